The number of aromatic amines is 1. The molecular weight excluding hydrogens is 314 g/mol. The van der Waals surface area contributed by atoms with Crippen LogP contribution in [0.5, 0.6) is 0 Å². The van der Waals surface area contributed by atoms with Gasteiger partial charge in [-0.2, -0.15) is 0 Å². The van der Waals surface area contributed by atoms with Crippen molar-refractivity contribution in [1.82, 2.24) is 20.2 Å². The van der Waals surface area contributed by atoms with Crippen molar-refractivity contribution in [2.75, 3.05) is 31.1 Å². The summed E-state index contributed by atoms with van der Waals surface area (Å²) in [4.78, 5) is 8.32. The van der Waals surface area contributed by atoms with Gasteiger partial charge < -0.3 is 9.88 Å². The molecule has 0 spiro atoms. The van der Waals surface area contributed by atoms with Crippen LogP contribution in [0.4, 0.5) is 5.82 Å². The van der Waals surface area contributed by atoms with Crippen LogP contribution in [-0.2, 0) is 6.54 Å². The number of fused-ring (bicyclic) bond motifs is 1. The van der Waals surface area contributed by atoms with E-state index >= 15 is 0 Å². The number of nitrogens with one attached hydrogen (secondary N) is 1. The molecule has 0 atom stereocenters. The van der Waals surface area contributed by atoms with Crippen molar-refractivity contribution in [2.24, 2.45) is 0 Å². The molecule has 132 valence electrons. The Bertz CT molecular complexity index is 858. The highest BCUT2D eigenvalue weighted by molar-refractivity contribution is 5.84. The second-order valence-corrected chi connectivity index (χ2v) is 7.19. The first kappa shape index (κ1) is 16.1. The Morgan fingerprint density at radius 3 is 2.64 bits per heavy atom. The molecule has 1 saturated heterocycles. The number of hydrogen-bond acceptors (Lipinski definition) is 5. The van der Waals surface area contributed by atoms with E-state index in [2.05, 4.69) is 63.2 Å². The lowest BCUT2D eigenvalue weighted by molar-refractivity contribution is 0.248. The molecule has 0 amide bonds. The first-order chi connectivity index (χ1) is 12.1. The predicted molar refractivity (Wildman–Crippen MR) is 98.9 cm³/mol. The number of hydrogen-bond donors (Lipinski definition) is 1. The van der Waals surface area contributed by atoms with Crippen LogP contribution in [0.3, 0.4) is 0 Å². The third kappa shape index (κ3) is 3.14. The molecule has 1 aliphatic heterocycles. The second kappa shape index (κ2) is 6.52. The number of piperazine rings is 1. The van der Waals surface area contributed by atoms with E-state index in [9.17, 15) is 0 Å². The normalized spacial score (nSPS) is 16.2. The molecule has 0 bridgehead atoms. The van der Waals surface area contributed by atoms with Crippen molar-refractivity contribution >= 4 is 16.7 Å². The molecule has 4 rings (SSSR count). The van der Waals surface area contributed by atoms with E-state index in [1.165, 1.54) is 22.2 Å². The zero-order valence-corrected chi connectivity index (χ0v) is 15.1. The van der Waals surface area contributed by atoms with Crippen LogP contribution < -0.4 is 4.90 Å². The third-order valence-electron chi connectivity index (χ3n) is 5.09. The lowest BCUT2D eigenvalue weighted by Crippen LogP contribution is -2.46. The summed E-state index contributed by atoms with van der Waals surface area (Å²) in [7, 11) is 0. The molecule has 3 heterocycles. The van der Waals surface area contributed by atoms with Gasteiger partial charge in [0.15, 0.2) is 5.82 Å². The number of benzene rings is 1. The molecule has 6 nitrogen and oxygen atoms in total. The average Bonchev–Trinajstić information content (AvgIpc) is 3.22. The van der Waals surface area contributed by atoms with Crippen LogP contribution in [0.1, 0.15) is 36.7 Å². The molecule has 0 aliphatic carbocycles. The van der Waals surface area contributed by atoms with Crippen molar-refractivity contribution in [2.45, 2.75) is 33.2 Å². The van der Waals surface area contributed by atoms with Crippen molar-refractivity contribution in [3.8, 4) is 0 Å². The highest BCUT2D eigenvalue weighted by Crippen LogP contribution is 2.25. The maximum absolute atomic E-state index is 4.83. The molecular formula is C19H25N5O. The van der Waals surface area contributed by atoms with Gasteiger partial charge >= 0.3 is 0 Å². The minimum atomic E-state index is 0.517. The monoisotopic (exact) mass is 339 g/mol. The summed E-state index contributed by atoms with van der Waals surface area (Å²) in [6.45, 7) is 11.3. The Kier molecular flexibility index (Phi) is 4.21. The summed E-state index contributed by atoms with van der Waals surface area (Å²) in [6.07, 6.45) is 0. The molecule has 2 aromatic heterocycles. The summed E-state index contributed by atoms with van der Waals surface area (Å²) in [6, 6.07) is 8.89. The standard InChI is InChI=1S/C19H25N5O/c1-13(2)18-11-16-15(5-4-6-17(16)20-18)12-23-7-9-24(10-8-23)19-14(3)21-25-22-19/h4-6,11,13,20H,7-10,12H2,1-3H3. The van der Waals surface area contributed by atoms with E-state index in [-0.39, 0.29) is 0 Å². The highest BCUT2D eigenvalue weighted by Gasteiger charge is 2.22. The maximum atomic E-state index is 4.83. The molecule has 3 aromatic rings. The smallest absolute Gasteiger partial charge is 0.196 e. The van der Waals surface area contributed by atoms with Gasteiger partial charge in [0.2, 0.25) is 0 Å². The van der Waals surface area contributed by atoms with E-state index in [0.717, 1.165) is 44.2 Å². The van der Waals surface area contributed by atoms with Crippen LogP contribution in [0.15, 0.2) is 28.9 Å². The van der Waals surface area contributed by atoms with Crippen LogP contribution in [-0.4, -0.2) is 46.4 Å². The predicted octanol–water partition coefficient (Wildman–Crippen LogP) is 3.30. The molecule has 25 heavy (non-hydrogen) atoms. The zero-order chi connectivity index (χ0) is 17.4. The highest BCUT2D eigenvalue weighted by atomic mass is 16.6. The first-order valence-electron chi connectivity index (χ1n) is 8.99. The topological polar surface area (TPSA) is 61.2 Å². The van der Waals surface area contributed by atoms with Crippen molar-refractivity contribution in [1.29, 1.82) is 0 Å². The van der Waals surface area contributed by atoms with Crippen LogP contribution in [0.25, 0.3) is 10.9 Å². The van der Waals surface area contributed by atoms with Gasteiger partial charge in [0.05, 0.1) is 0 Å². The minimum Gasteiger partial charge on any atom is -0.358 e. The molecule has 1 aliphatic rings. The lowest BCUT2D eigenvalue weighted by atomic mass is 10.1. The number of H-pyrrole nitrogens is 1. The average molecular weight is 339 g/mol. The summed E-state index contributed by atoms with van der Waals surface area (Å²) in [5.74, 6) is 1.40. The summed E-state index contributed by atoms with van der Waals surface area (Å²) in [5, 5.41) is 9.26. The fourth-order valence-electron chi connectivity index (χ4n) is 3.56. The van der Waals surface area contributed by atoms with Gasteiger partial charge in [0.1, 0.15) is 5.69 Å². The van der Waals surface area contributed by atoms with E-state index in [1.807, 2.05) is 6.92 Å². The lowest BCUT2D eigenvalue weighted by Gasteiger charge is -2.34. The Morgan fingerprint density at radius 2 is 1.96 bits per heavy atom. The van der Waals surface area contributed by atoms with Crippen LogP contribution in [0, 0.1) is 6.92 Å². The fraction of sp³-hybridized carbons (Fsp3) is 0.474. The molecule has 0 unspecified atom stereocenters. The number of aryl methyl sites for hydroxylation is 1. The largest absolute Gasteiger partial charge is 0.358 e. The Hall–Kier alpha value is -2.34. The maximum Gasteiger partial charge on any atom is 0.196 e. The van der Waals surface area contributed by atoms with Gasteiger partial charge in [0, 0.05) is 49.3 Å². The van der Waals surface area contributed by atoms with Gasteiger partial charge in [-0.25, -0.2) is 4.63 Å². The quantitative estimate of drug-likeness (QED) is 0.790. The van der Waals surface area contributed by atoms with Gasteiger partial charge in [-0.15, -0.1) is 0 Å². The minimum absolute atomic E-state index is 0.517. The van der Waals surface area contributed by atoms with Gasteiger partial charge in [-0.3, -0.25) is 4.90 Å². The molecule has 0 radical (unpaired) electrons. The van der Waals surface area contributed by atoms with Crippen molar-refractivity contribution in [3.05, 3.63) is 41.2 Å². The number of rotatable bonds is 4. The van der Waals surface area contributed by atoms with E-state index in [0.29, 0.717) is 5.92 Å². The molecule has 0 saturated carbocycles. The SMILES string of the molecule is Cc1nonc1N1CCN(Cc2cccc3[nH]c(C(C)C)cc23)CC1. The first-order valence-corrected chi connectivity index (χ1v) is 8.99. The fourth-order valence-corrected chi connectivity index (χ4v) is 3.56. The Labute approximate surface area is 147 Å². The number of nitrogens with zero attached hydrogens (tertiary/aromatic N) is 4. The third-order valence-corrected chi connectivity index (χ3v) is 5.09. The number of anilines is 1. The molecule has 1 fully saturated rings. The van der Waals surface area contributed by atoms with E-state index in [1.54, 1.807) is 0 Å². The van der Waals surface area contributed by atoms with E-state index in [4.69, 9.17) is 4.63 Å². The molecule has 1 aromatic carbocycles. The Balaban J connectivity index is 1.47. The zero-order valence-electron chi connectivity index (χ0n) is 15.1. The van der Waals surface area contributed by atoms with E-state index < -0.39 is 0 Å². The molecule has 6 heteroatoms. The second-order valence-electron chi connectivity index (χ2n) is 7.19. The summed E-state index contributed by atoms with van der Waals surface area (Å²) >= 11 is 0. The summed E-state index contributed by atoms with van der Waals surface area (Å²) in [5.41, 5.74) is 4.81. The number of aromatic nitrogens is 3. The van der Waals surface area contributed by atoms with Gasteiger partial charge in [-0.05, 0) is 35.7 Å². The van der Waals surface area contributed by atoms with Crippen molar-refractivity contribution < 1.29 is 4.63 Å². The summed E-state index contributed by atoms with van der Waals surface area (Å²) < 4.78 is 4.83. The van der Waals surface area contributed by atoms with Crippen LogP contribution in [0.2, 0.25) is 0 Å². The molecule has 1 N–H and O–H groups in total. The van der Waals surface area contributed by atoms with Crippen LogP contribution >= 0.6 is 0 Å². The van der Waals surface area contributed by atoms with Gasteiger partial charge in [0.25, 0.3) is 0 Å². The Morgan fingerprint density at radius 1 is 1.16 bits per heavy atom. The van der Waals surface area contributed by atoms with Gasteiger partial charge in [-0.1, -0.05) is 31.1 Å². The van der Waals surface area contributed by atoms with Crippen molar-refractivity contribution in [3.63, 3.8) is 0 Å².